The van der Waals surface area contributed by atoms with E-state index in [-0.39, 0.29) is 6.10 Å². The van der Waals surface area contributed by atoms with Crippen LogP contribution in [-0.4, -0.2) is 30.9 Å². The van der Waals surface area contributed by atoms with Gasteiger partial charge in [-0.05, 0) is 34.8 Å². The summed E-state index contributed by atoms with van der Waals surface area (Å²) < 4.78 is 17.9. The Morgan fingerprint density at radius 2 is 1.87 bits per heavy atom. The summed E-state index contributed by atoms with van der Waals surface area (Å²) in [5.74, 6) is 0. The first kappa shape index (κ1) is 18.5. The molecule has 2 aromatic rings. The molecule has 2 rings (SSSR count). The van der Waals surface area contributed by atoms with Gasteiger partial charge in [0.15, 0.2) is 0 Å². The van der Waals surface area contributed by atoms with Crippen molar-refractivity contribution in [2.24, 2.45) is 0 Å². The first-order valence-corrected chi connectivity index (χ1v) is 9.26. The smallest absolute Gasteiger partial charge is 0.119 e. The SMILES string of the molecule is CC(CCOCCOCc1ncc(Br)s1)OCc1ccccc1. The second-order valence-electron chi connectivity index (χ2n) is 5.12. The number of hydrogen-bond donors (Lipinski definition) is 0. The fourth-order valence-corrected chi connectivity index (χ4v) is 3.12. The number of hydrogen-bond acceptors (Lipinski definition) is 5. The second kappa shape index (κ2) is 10.9. The quantitative estimate of drug-likeness (QED) is 0.523. The van der Waals surface area contributed by atoms with Crippen molar-refractivity contribution >= 4 is 27.3 Å². The Labute approximate surface area is 149 Å². The molecule has 0 aliphatic carbocycles. The molecule has 1 aromatic heterocycles. The number of nitrogens with zero attached hydrogens (tertiary/aromatic N) is 1. The Hall–Kier alpha value is -0.790. The van der Waals surface area contributed by atoms with Crippen LogP contribution in [0.15, 0.2) is 40.3 Å². The molecule has 6 heteroatoms. The summed E-state index contributed by atoms with van der Waals surface area (Å²) in [6.45, 7) is 5.12. The fourth-order valence-electron chi connectivity index (χ4n) is 1.88. The van der Waals surface area contributed by atoms with Crippen LogP contribution in [0.5, 0.6) is 0 Å². The minimum atomic E-state index is 0.184. The van der Waals surface area contributed by atoms with E-state index in [0.717, 1.165) is 15.2 Å². The van der Waals surface area contributed by atoms with Gasteiger partial charge in [-0.1, -0.05) is 30.3 Å². The van der Waals surface area contributed by atoms with Crippen LogP contribution in [0.4, 0.5) is 0 Å². The van der Waals surface area contributed by atoms with Crippen LogP contribution in [-0.2, 0) is 27.4 Å². The normalized spacial score (nSPS) is 12.4. The minimum Gasteiger partial charge on any atom is -0.379 e. The highest BCUT2D eigenvalue weighted by molar-refractivity contribution is 9.11. The van der Waals surface area contributed by atoms with E-state index in [2.05, 4.69) is 40.0 Å². The number of benzene rings is 1. The van der Waals surface area contributed by atoms with Crippen molar-refractivity contribution in [1.29, 1.82) is 0 Å². The summed E-state index contributed by atoms with van der Waals surface area (Å²) in [7, 11) is 0. The molecule has 126 valence electrons. The van der Waals surface area contributed by atoms with Crippen LogP contribution in [0.1, 0.15) is 23.9 Å². The highest BCUT2D eigenvalue weighted by Gasteiger charge is 2.03. The molecule has 0 aliphatic heterocycles. The zero-order chi connectivity index (χ0) is 16.3. The number of aromatic nitrogens is 1. The van der Waals surface area contributed by atoms with E-state index < -0.39 is 0 Å². The van der Waals surface area contributed by atoms with E-state index in [0.29, 0.717) is 33.0 Å². The van der Waals surface area contributed by atoms with Crippen LogP contribution >= 0.6 is 27.3 Å². The lowest BCUT2D eigenvalue weighted by Crippen LogP contribution is -2.13. The number of ether oxygens (including phenoxy) is 3. The average Bonchev–Trinajstić information content (AvgIpc) is 2.98. The highest BCUT2D eigenvalue weighted by Crippen LogP contribution is 2.19. The summed E-state index contributed by atoms with van der Waals surface area (Å²) in [5.41, 5.74) is 1.20. The monoisotopic (exact) mass is 399 g/mol. The summed E-state index contributed by atoms with van der Waals surface area (Å²) in [5, 5.41) is 0.972. The highest BCUT2D eigenvalue weighted by atomic mass is 79.9. The van der Waals surface area contributed by atoms with Gasteiger partial charge in [0.2, 0.25) is 0 Å². The number of rotatable bonds is 11. The Morgan fingerprint density at radius 1 is 1.09 bits per heavy atom. The van der Waals surface area contributed by atoms with Crippen LogP contribution < -0.4 is 0 Å². The maximum Gasteiger partial charge on any atom is 0.119 e. The van der Waals surface area contributed by atoms with E-state index in [1.54, 1.807) is 17.5 Å². The van der Waals surface area contributed by atoms with Gasteiger partial charge in [0.1, 0.15) is 5.01 Å². The van der Waals surface area contributed by atoms with Gasteiger partial charge in [-0.25, -0.2) is 4.98 Å². The summed E-state index contributed by atoms with van der Waals surface area (Å²) in [6.07, 6.45) is 2.85. The Balaban J connectivity index is 1.44. The molecule has 0 saturated carbocycles. The zero-order valence-corrected chi connectivity index (χ0v) is 15.6. The molecule has 0 fully saturated rings. The molecule has 0 saturated heterocycles. The summed E-state index contributed by atoms with van der Waals surface area (Å²) in [4.78, 5) is 4.21. The molecule has 0 N–H and O–H groups in total. The Morgan fingerprint density at radius 3 is 2.61 bits per heavy atom. The molecule has 1 unspecified atom stereocenters. The third-order valence-corrected chi connectivity index (χ3v) is 4.62. The molecule has 1 heterocycles. The summed E-state index contributed by atoms with van der Waals surface area (Å²) in [6, 6.07) is 10.2. The lowest BCUT2D eigenvalue weighted by molar-refractivity contribution is 0.00442. The fraction of sp³-hybridized carbons (Fsp3) is 0.471. The Bertz CT molecular complexity index is 550. The lowest BCUT2D eigenvalue weighted by atomic mass is 10.2. The minimum absolute atomic E-state index is 0.184. The van der Waals surface area contributed by atoms with E-state index in [1.165, 1.54) is 5.56 Å². The third-order valence-electron chi connectivity index (χ3n) is 3.17. The van der Waals surface area contributed by atoms with Crippen LogP contribution in [0, 0.1) is 0 Å². The van der Waals surface area contributed by atoms with Crippen molar-refractivity contribution < 1.29 is 14.2 Å². The van der Waals surface area contributed by atoms with Gasteiger partial charge in [0, 0.05) is 6.61 Å². The zero-order valence-electron chi connectivity index (χ0n) is 13.2. The maximum absolute atomic E-state index is 5.79. The predicted molar refractivity (Wildman–Crippen MR) is 95.6 cm³/mol. The molecule has 0 radical (unpaired) electrons. The van der Waals surface area contributed by atoms with Crippen LogP contribution in [0.25, 0.3) is 0 Å². The molecular weight excluding hydrogens is 378 g/mol. The van der Waals surface area contributed by atoms with Crippen molar-refractivity contribution in [2.75, 3.05) is 19.8 Å². The topological polar surface area (TPSA) is 40.6 Å². The number of thiazole rings is 1. The van der Waals surface area contributed by atoms with Crippen molar-refractivity contribution in [1.82, 2.24) is 4.98 Å². The van der Waals surface area contributed by atoms with Gasteiger partial charge in [-0.2, -0.15) is 0 Å². The first-order valence-electron chi connectivity index (χ1n) is 7.65. The largest absolute Gasteiger partial charge is 0.379 e. The van der Waals surface area contributed by atoms with Gasteiger partial charge in [0.05, 0.1) is 42.5 Å². The molecule has 4 nitrogen and oxygen atoms in total. The molecule has 0 aliphatic rings. The molecule has 1 aromatic carbocycles. The maximum atomic E-state index is 5.79. The van der Waals surface area contributed by atoms with Crippen LogP contribution in [0.3, 0.4) is 0 Å². The predicted octanol–water partition coefficient (Wildman–Crippen LogP) is 4.43. The van der Waals surface area contributed by atoms with Crippen LogP contribution in [0.2, 0.25) is 0 Å². The second-order valence-corrected chi connectivity index (χ2v) is 7.61. The van der Waals surface area contributed by atoms with Crippen molar-refractivity contribution in [3.05, 3.63) is 50.9 Å². The molecule has 0 bridgehead atoms. The van der Waals surface area contributed by atoms with Gasteiger partial charge in [-0.15, -0.1) is 11.3 Å². The van der Waals surface area contributed by atoms with Crippen molar-refractivity contribution in [2.45, 2.75) is 32.7 Å². The molecule has 23 heavy (non-hydrogen) atoms. The van der Waals surface area contributed by atoms with Gasteiger partial charge in [-0.3, -0.25) is 0 Å². The standard InChI is InChI=1S/C17H22BrNO3S/c1-14(22-12-15-5-3-2-4-6-15)7-8-20-9-10-21-13-17-19-11-16(18)23-17/h2-6,11,14H,7-10,12-13H2,1H3. The molecular formula is C17H22BrNO3S. The van der Waals surface area contributed by atoms with Gasteiger partial charge < -0.3 is 14.2 Å². The Kier molecular flexibility index (Phi) is 8.78. The van der Waals surface area contributed by atoms with E-state index in [1.807, 2.05) is 18.2 Å². The van der Waals surface area contributed by atoms with Gasteiger partial charge >= 0.3 is 0 Å². The van der Waals surface area contributed by atoms with E-state index in [9.17, 15) is 0 Å². The lowest BCUT2D eigenvalue weighted by Gasteiger charge is -2.13. The first-order chi connectivity index (χ1) is 11.2. The van der Waals surface area contributed by atoms with Gasteiger partial charge in [0.25, 0.3) is 0 Å². The number of halogens is 1. The molecule has 1 atom stereocenters. The van der Waals surface area contributed by atoms with Crippen molar-refractivity contribution in [3.63, 3.8) is 0 Å². The third kappa shape index (κ3) is 8.04. The summed E-state index contributed by atoms with van der Waals surface area (Å²) >= 11 is 4.97. The van der Waals surface area contributed by atoms with E-state index >= 15 is 0 Å². The average molecular weight is 400 g/mol. The van der Waals surface area contributed by atoms with Crippen molar-refractivity contribution in [3.8, 4) is 0 Å². The molecule has 0 spiro atoms. The molecule has 0 amide bonds. The van der Waals surface area contributed by atoms with E-state index in [4.69, 9.17) is 14.2 Å².